The maximum atomic E-state index is 10.7. The number of hydrogen-bond acceptors (Lipinski definition) is 3. The van der Waals surface area contributed by atoms with Crippen LogP contribution in [-0.4, -0.2) is 4.98 Å². The van der Waals surface area contributed by atoms with Gasteiger partial charge in [0.1, 0.15) is 12.4 Å². The van der Waals surface area contributed by atoms with E-state index in [0.29, 0.717) is 4.73 Å². The van der Waals surface area contributed by atoms with Crippen molar-refractivity contribution < 1.29 is 7.55 Å². The van der Waals surface area contributed by atoms with Crippen molar-refractivity contribution >= 4 is 5.82 Å². The van der Waals surface area contributed by atoms with E-state index in [1.807, 2.05) is 0 Å². The summed E-state index contributed by atoms with van der Waals surface area (Å²) in [5, 5.41) is 10.7. The van der Waals surface area contributed by atoms with Crippen molar-refractivity contribution in [2.24, 2.45) is 0 Å². The van der Waals surface area contributed by atoms with Gasteiger partial charge in [0.2, 0.25) is 0 Å². The molecule has 0 saturated carbocycles. The highest BCUT2D eigenvalue weighted by Gasteiger charge is 1.88. The highest BCUT2D eigenvalue weighted by molar-refractivity contribution is 5.13. The molecule has 2 N–H and O–H groups in total. The molecule has 0 aliphatic carbocycles. The summed E-state index contributed by atoms with van der Waals surface area (Å²) in [5.41, 5.74) is 0.208. The van der Waals surface area contributed by atoms with Crippen LogP contribution in [0.4, 0.5) is 5.82 Å². The normalized spacial score (nSPS) is 12.0. The smallest absolute Gasteiger partial charge is 0.302 e. The summed E-state index contributed by atoms with van der Waals surface area (Å²) in [6, 6.07) is 0. The van der Waals surface area contributed by atoms with Gasteiger partial charge in [-0.1, -0.05) is 0 Å². The van der Waals surface area contributed by atoms with Crippen molar-refractivity contribution in [1.29, 1.82) is 0 Å². The van der Waals surface area contributed by atoms with E-state index < -0.39 is 0 Å². The van der Waals surface area contributed by atoms with Gasteiger partial charge in [0.15, 0.2) is 0 Å². The molecule has 0 atom stereocenters. The van der Waals surface area contributed by atoms with Gasteiger partial charge in [0.25, 0.3) is 5.82 Å². The van der Waals surface area contributed by atoms with Crippen LogP contribution in [0.25, 0.3) is 0 Å². The van der Waals surface area contributed by atoms with Gasteiger partial charge in [0, 0.05) is 0 Å². The first-order chi connectivity index (χ1) is 4.72. The van der Waals surface area contributed by atoms with Crippen LogP contribution in [-0.2, 0) is 0 Å². The topological polar surface area (TPSA) is 65.8 Å². The Balaban J connectivity index is 3.03. The Bertz CT molecular complexity index is 229. The summed E-state index contributed by atoms with van der Waals surface area (Å²) in [5.74, 6) is -0.123. The van der Waals surface area contributed by atoms with Crippen LogP contribution in [0, 0.1) is 5.21 Å². The summed E-state index contributed by atoms with van der Waals surface area (Å²) in [6.45, 7) is 0. The summed E-state index contributed by atoms with van der Waals surface area (Å²) < 4.78 is 13.8. The van der Waals surface area contributed by atoms with Crippen LogP contribution >= 0.6 is 0 Å². The molecule has 0 fully saturated rings. The van der Waals surface area contributed by atoms with E-state index in [1.165, 1.54) is 6.20 Å². The van der Waals surface area contributed by atoms with Crippen LogP contribution in [0.15, 0.2) is 18.6 Å². The molecule has 1 aromatic rings. The first-order valence-corrected chi connectivity index (χ1v) is 2.03. The van der Waals surface area contributed by atoms with E-state index in [9.17, 15) is 5.21 Å². The summed E-state index contributed by atoms with van der Waals surface area (Å²) in [7, 11) is 0. The van der Waals surface area contributed by atoms with E-state index in [0.717, 1.165) is 12.4 Å². The van der Waals surface area contributed by atoms with Gasteiger partial charge in [0.05, 0.1) is 6.20 Å². The van der Waals surface area contributed by atoms with E-state index in [4.69, 9.17) is 2.82 Å². The minimum absolute atomic E-state index is 0.123. The fraction of sp³-hybridized carbons (Fsp3) is 0. The zero-order valence-electron chi connectivity index (χ0n) is 5.98. The van der Waals surface area contributed by atoms with Crippen LogP contribution in [0.5, 0.6) is 0 Å². The lowest BCUT2D eigenvalue weighted by molar-refractivity contribution is -0.590. The summed E-state index contributed by atoms with van der Waals surface area (Å²) in [4.78, 5) is 3.56. The second-order valence-corrected chi connectivity index (χ2v) is 1.26. The Labute approximate surface area is 49.1 Å². The molecule has 0 unspecified atom stereocenters. The SMILES string of the molecule is [2H]N([2H])c1cncc[n+]1[O-]. The quantitative estimate of drug-likeness (QED) is 0.386. The maximum Gasteiger partial charge on any atom is 0.302 e. The van der Waals surface area contributed by atoms with E-state index in [1.54, 1.807) is 0 Å². The number of nitrogens with two attached hydrogens (primary N) is 1. The van der Waals surface area contributed by atoms with Gasteiger partial charge in [-0.25, -0.2) is 4.73 Å². The predicted molar refractivity (Wildman–Crippen MR) is 27.6 cm³/mol. The van der Waals surface area contributed by atoms with E-state index in [-0.39, 0.29) is 11.5 Å². The Morgan fingerprint density at radius 1 is 2.00 bits per heavy atom. The molecule has 0 aliphatic heterocycles. The maximum absolute atomic E-state index is 10.7. The van der Waals surface area contributed by atoms with Crippen LogP contribution in [0.2, 0.25) is 2.82 Å². The van der Waals surface area contributed by atoms with Crippen LogP contribution in [0.1, 0.15) is 0 Å². The lowest BCUT2D eigenvalue weighted by Gasteiger charge is -1.99. The molecule has 0 saturated heterocycles. The monoisotopic (exact) mass is 113 g/mol. The van der Waals surface area contributed by atoms with Crippen molar-refractivity contribution in [1.82, 2.24) is 4.98 Å². The number of rotatable bonds is 1. The molecule has 4 heteroatoms. The average molecular weight is 113 g/mol. The van der Waals surface area contributed by atoms with Gasteiger partial charge in [-0.15, -0.1) is 0 Å². The highest BCUT2D eigenvalue weighted by atomic mass is 16.5. The van der Waals surface area contributed by atoms with E-state index >= 15 is 0 Å². The molecule has 1 aromatic heterocycles. The zero-order chi connectivity index (χ0) is 7.56. The van der Waals surface area contributed by atoms with Gasteiger partial charge >= 0.3 is 2.82 Å². The fourth-order valence-corrected chi connectivity index (χ4v) is 0.342. The standard InChI is InChI=1S/C4H5N3O/c5-4-3-6-1-2-7(4)8/h1-3H,5H2/i/hD2. The van der Waals surface area contributed by atoms with Crippen molar-refractivity contribution in [3.63, 3.8) is 0 Å². The summed E-state index contributed by atoms with van der Waals surface area (Å²) >= 11 is 0. The minimum Gasteiger partial charge on any atom is -0.711 e. The van der Waals surface area contributed by atoms with Crippen molar-refractivity contribution in [3.8, 4) is 0 Å². The van der Waals surface area contributed by atoms with Gasteiger partial charge in [-0.05, 0) is 0 Å². The lowest BCUT2D eigenvalue weighted by Crippen LogP contribution is -2.29. The molecule has 0 aliphatic rings. The number of aromatic nitrogens is 2. The molecule has 0 spiro atoms. The molecule has 1 rings (SSSR count). The highest BCUT2D eigenvalue weighted by Crippen LogP contribution is 1.82. The Morgan fingerprint density at radius 3 is 3.38 bits per heavy atom. The van der Waals surface area contributed by atoms with Crippen molar-refractivity contribution in [2.75, 3.05) is 5.72 Å². The van der Waals surface area contributed by atoms with Gasteiger partial charge in [-0.3, -0.25) is 10.7 Å². The fourth-order valence-electron chi connectivity index (χ4n) is 0.342. The first kappa shape index (κ1) is 2.86. The average Bonchev–Trinajstić information content (AvgIpc) is 1.88. The molecule has 0 radical (unpaired) electrons. The van der Waals surface area contributed by atoms with Crippen molar-refractivity contribution in [3.05, 3.63) is 23.8 Å². The molecule has 8 heavy (non-hydrogen) atoms. The van der Waals surface area contributed by atoms with E-state index in [2.05, 4.69) is 4.98 Å². The Kier molecular flexibility index (Phi) is 0.590. The molecular weight excluding hydrogens is 106 g/mol. The number of nitrogen functional groups attached to an aromatic ring is 1. The second-order valence-electron chi connectivity index (χ2n) is 1.26. The van der Waals surface area contributed by atoms with Gasteiger partial charge < -0.3 is 5.21 Å². The molecule has 0 aromatic carbocycles. The van der Waals surface area contributed by atoms with Crippen LogP contribution < -0.4 is 10.5 Å². The van der Waals surface area contributed by atoms with Crippen molar-refractivity contribution in [2.45, 2.75) is 0 Å². The molecule has 42 valence electrons. The first-order valence-electron chi connectivity index (χ1n) is 2.92. The Hall–Kier alpha value is -1.32. The number of anilines is 1. The number of nitrogens with zero attached hydrogens (tertiary/aromatic N) is 2. The molecule has 1 heterocycles. The minimum atomic E-state index is -0.123. The Morgan fingerprint density at radius 2 is 2.88 bits per heavy atom. The summed E-state index contributed by atoms with van der Waals surface area (Å²) in [6.07, 6.45) is 3.57. The molecular formula is C4H5N3O. The molecule has 4 nitrogen and oxygen atoms in total. The third-order valence-corrected chi connectivity index (χ3v) is 0.704. The van der Waals surface area contributed by atoms with Gasteiger partial charge in [-0.2, -0.15) is 0 Å². The second kappa shape index (κ2) is 1.65. The third kappa shape index (κ3) is 0.676. The number of hydrogen-bond donors (Lipinski definition) is 1. The molecule has 0 bridgehead atoms. The third-order valence-electron chi connectivity index (χ3n) is 0.704. The predicted octanol–water partition coefficient (Wildman–Crippen LogP) is -0.703. The zero-order valence-corrected chi connectivity index (χ0v) is 3.98. The lowest BCUT2D eigenvalue weighted by atomic mass is 10.7. The largest absolute Gasteiger partial charge is 0.711 e. The molecule has 0 amide bonds. The van der Waals surface area contributed by atoms with Crippen LogP contribution in [0.3, 0.4) is 0 Å².